The zero-order valence-electron chi connectivity index (χ0n) is 14.5. The fraction of sp³-hybridized carbons (Fsp3) is 0.238. The Kier molecular flexibility index (Phi) is 5.21. The third-order valence-corrected chi connectivity index (χ3v) is 5.57. The minimum Gasteiger partial charge on any atom is -0.368 e. The summed E-state index contributed by atoms with van der Waals surface area (Å²) in [5.74, 6) is 0. The highest BCUT2D eigenvalue weighted by atomic mass is 35.5. The lowest BCUT2D eigenvalue weighted by molar-refractivity contribution is 0.250. The molecule has 3 nitrogen and oxygen atoms in total. The minimum atomic E-state index is 0.802. The van der Waals surface area contributed by atoms with Gasteiger partial charge in [-0.05, 0) is 42.0 Å². The first-order valence-corrected chi connectivity index (χ1v) is 9.60. The lowest BCUT2D eigenvalue weighted by Crippen LogP contribution is -2.46. The Labute approximate surface area is 164 Å². The van der Waals surface area contributed by atoms with E-state index in [1.165, 1.54) is 5.56 Å². The summed E-state index contributed by atoms with van der Waals surface area (Å²) < 4.78 is 2.07. The van der Waals surface area contributed by atoms with Crippen molar-refractivity contribution in [3.8, 4) is 5.69 Å². The highest BCUT2D eigenvalue weighted by Gasteiger charge is 2.19. The van der Waals surface area contributed by atoms with Crippen molar-refractivity contribution in [3.63, 3.8) is 0 Å². The Morgan fingerprint density at radius 1 is 0.769 bits per heavy atom. The van der Waals surface area contributed by atoms with E-state index in [-0.39, 0.29) is 0 Å². The number of hydrogen-bond acceptors (Lipinski definition) is 2. The number of rotatable bonds is 4. The molecule has 1 aliphatic heterocycles. The first-order valence-electron chi connectivity index (χ1n) is 8.84. The summed E-state index contributed by atoms with van der Waals surface area (Å²) in [6.07, 6.45) is 4.05. The highest BCUT2D eigenvalue weighted by molar-refractivity contribution is 6.33. The molecule has 0 bridgehead atoms. The van der Waals surface area contributed by atoms with Gasteiger partial charge in [-0.15, -0.1) is 0 Å². The second-order valence-corrected chi connectivity index (χ2v) is 7.40. The average Bonchev–Trinajstić information content (AvgIpc) is 3.19. The molecule has 0 N–H and O–H groups in total. The Morgan fingerprint density at radius 3 is 2.19 bits per heavy atom. The number of piperazine rings is 1. The molecule has 5 heteroatoms. The van der Waals surface area contributed by atoms with Crippen LogP contribution in [-0.2, 0) is 6.54 Å². The summed E-state index contributed by atoms with van der Waals surface area (Å²) in [6, 6.07) is 18.4. The Hall–Kier alpha value is -1.94. The van der Waals surface area contributed by atoms with Gasteiger partial charge in [0.2, 0.25) is 0 Å². The molecule has 1 aliphatic rings. The van der Waals surface area contributed by atoms with E-state index in [9.17, 15) is 0 Å². The quantitative estimate of drug-likeness (QED) is 0.618. The van der Waals surface area contributed by atoms with E-state index in [0.29, 0.717) is 0 Å². The van der Waals surface area contributed by atoms with Gasteiger partial charge in [0.05, 0.1) is 10.7 Å². The lowest BCUT2D eigenvalue weighted by Gasteiger charge is -2.36. The van der Waals surface area contributed by atoms with Crippen LogP contribution in [0.1, 0.15) is 5.56 Å². The Balaban J connectivity index is 1.41. The van der Waals surface area contributed by atoms with Crippen LogP contribution < -0.4 is 4.90 Å². The van der Waals surface area contributed by atoms with Gasteiger partial charge in [0, 0.05) is 55.8 Å². The smallest absolute Gasteiger partial charge is 0.0660 e. The maximum Gasteiger partial charge on any atom is 0.0660 e. The van der Waals surface area contributed by atoms with Crippen LogP contribution in [0.3, 0.4) is 0 Å². The molecule has 26 heavy (non-hydrogen) atoms. The molecule has 0 atom stereocenters. The largest absolute Gasteiger partial charge is 0.368 e. The zero-order valence-corrected chi connectivity index (χ0v) is 16.0. The van der Waals surface area contributed by atoms with Crippen LogP contribution in [0, 0.1) is 0 Å². The maximum atomic E-state index is 6.58. The molecule has 4 rings (SSSR count). The predicted molar refractivity (Wildman–Crippen MR) is 110 cm³/mol. The molecule has 0 unspecified atom stereocenters. The molecule has 0 saturated carbocycles. The second-order valence-electron chi connectivity index (χ2n) is 6.58. The number of halogens is 2. The molecule has 0 aliphatic carbocycles. The van der Waals surface area contributed by atoms with Gasteiger partial charge >= 0.3 is 0 Å². The molecule has 1 saturated heterocycles. The summed E-state index contributed by atoms with van der Waals surface area (Å²) in [7, 11) is 0. The van der Waals surface area contributed by atoms with Gasteiger partial charge in [-0.25, -0.2) is 0 Å². The third kappa shape index (κ3) is 3.75. The molecular formula is C21H21Cl2N3. The Bertz CT molecular complexity index is 869. The van der Waals surface area contributed by atoms with Gasteiger partial charge in [-0.3, -0.25) is 4.90 Å². The van der Waals surface area contributed by atoms with E-state index in [2.05, 4.69) is 32.6 Å². The van der Waals surface area contributed by atoms with Crippen LogP contribution >= 0.6 is 23.2 Å². The van der Waals surface area contributed by atoms with Crippen LogP contribution in [-0.4, -0.2) is 35.6 Å². The van der Waals surface area contributed by atoms with Crippen molar-refractivity contribution >= 4 is 28.9 Å². The van der Waals surface area contributed by atoms with E-state index in [1.54, 1.807) is 0 Å². The SMILES string of the molecule is Clc1ccccc1CN1CCN(c2ccc(-n3cccc3)cc2Cl)CC1. The molecule has 134 valence electrons. The topological polar surface area (TPSA) is 11.4 Å². The van der Waals surface area contributed by atoms with Crippen LogP contribution in [0.25, 0.3) is 5.69 Å². The number of benzene rings is 2. The molecule has 0 radical (unpaired) electrons. The average molecular weight is 386 g/mol. The van der Waals surface area contributed by atoms with E-state index >= 15 is 0 Å². The molecule has 1 aromatic heterocycles. The van der Waals surface area contributed by atoms with Crippen LogP contribution in [0.2, 0.25) is 10.0 Å². The minimum absolute atomic E-state index is 0.802. The molecule has 0 amide bonds. The van der Waals surface area contributed by atoms with Gasteiger partial charge in [-0.2, -0.15) is 0 Å². The zero-order chi connectivity index (χ0) is 17.9. The molecule has 3 aromatic rings. The highest BCUT2D eigenvalue weighted by Crippen LogP contribution is 2.29. The fourth-order valence-electron chi connectivity index (χ4n) is 3.43. The number of nitrogens with zero attached hydrogens (tertiary/aromatic N) is 3. The van der Waals surface area contributed by atoms with Gasteiger partial charge in [0.25, 0.3) is 0 Å². The molecule has 0 spiro atoms. The standard InChI is InChI=1S/C21H21Cl2N3/c22-19-6-2-1-5-17(19)16-24-11-13-26(14-12-24)21-8-7-18(15-20(21)23)25-9-3-4-10-25/h1-10,15H,11-14,16H2. The summed E-state index contributed by atoms with van der Waals surface area (Å²) in [5.41, 5.74) is 3.39. The van der Waals surface area contributed by atoms with Crippen LogP contribution in [0.15, 0.2) is 67.0 Å². The first-order chi connectivity index (χ1) is 12.7. The van der Waals surface area contributed by atoms with Crippen molar-refractivity contribution in [2.45, 2.75) is 6.54 Å². The number of hydrogen-bond donors (Lipinski definition) is 0. The van der Waals surface area contributed by atoms with E-state index in [1.807, 2.05) is 48.8 Å². The van der Waals surface area contributed by atoms with Crippen molar-refractivity contribution < 1.29 is 0 Å². The van der Waals surface area contributed by atoms with Crippen molar-refractivity contribution in [1.29, 1.82) is 0 Å². The van der Waals surface area contributed by atoms with Crippen molar-refractivity contribution in [3.05, 3.63) is 82.6 Å². The number of aromatic nitrogens is 1. The fourth-order valence-corrected chi connectivity index (χ4v) is 3.92. The molecule has 1 fully saturated rings. The van der Waals surface area contributed by atoms with Crippen molar-refractivity contribution in [2.24, 2.45) is 0 Å². The van der Waals surface area contributed by atoms with Crippen molar-refractivity contribution in [1.82, 2.24) is 9.47 Å². The predicted octanol–water partition coefficient (Wildman–Crippen LogP) is 5.11. The monoisotopic (exact) mass is 385 g/mol. The first kappa shape index (κ1) is 17.5. The summed E-state index contributed by atoms with van der Waals surface area (Å²) in [6.45, 7) is 4.83. The van der Waals surface area contributed by atoms with Crippen LogP contribution in [0.4, 0.5) is 5.69 Å². The summed E-state index contributed by atoms with van der Waals surface area (Å²) in [4.78, 5) is 4.81. The summed E-state index contributed by atoms with van der Waals surface area (Å²) in [5, 5.41) is 1.65. The molecule has 2 heterocycles. The van der Waals surface area contributed by atoms with E-state index < -0.39 is 0 Å². The van der Waals surface area contributed by atoms with Crippen molar-refractivity contribution in [2.75, 3.05) is 31.1 Å². The lowest BCUT2D eigenvalue weighted by atomic mass is 10.2. The van der Waals surface area contributed by atoms with E-state index in [4.69, 9.17) is 23.2 Å². The van der Waals surface area contributed by atoms with Gasteiger partial charge in [0.1, 0.15) is 0 Å². The van der Waals surface area contributed by atoms with Gasteiger partial charge in [0.15, 0.2) is 0 Å². The van der Waals surface area contributed by atoms with Gasteiger partial charge in [-0.1, -0.05) is 41.4 Å². The van der Waals surface area contributed by atoms with E-state index in [0.717, 1.165) is 54.1 Å². The Morgan fingerprint density at radius 2 is 1.50 bits per heavy atom. The molecular weight excluding hydrogens is 365 g/mol. The normalized spacial score (nSPS) is 15.4. The second kappa shape index (κ2) is 7.75. The third-order valence-electron chi connectivity index (χ3n) is 4.90. The molecule has 2 aromatic carbocycles. The maximum absolute atomic E-state index is 6.58. The number of anilines is 1. The summed E-state index contributed by atoms with van der Waals surface area (Å²) >= 11 is 12.9. The van der Waals surface area contributed by atoms with Crippen LogP contribution in [0.5, 0.6) is 0 Å². The van der Waals surface area contributed by atoms with Gasteiger partial charge < -0.3 is 9.47 Å².